The predicted octanol–water partition coefficient (Wildman–Crippen LogP) is 4.14. The van der Waals surface area contributed by atoms with Gasteiger partial charge in [-0.3, -0.25) is 4.79 Å². The van der Waals surface area contributed by atoms with E-state index in [1.807, 2.05) is 22.9 Å². The lowest BCUT2D eigenvalue weighted by atomic mass is 10.1. The van der Waals surface area contributed by atoms with Gasteiger partial charge in [0.05, 0.1) is 5.56 Å². The maximum Gasteiger partial charge on any atom is 0.257 e. The Morgan fingerprint density at radius 2 is 2.04 bits per heavy atom. The van der Waals surface area contributed by atoms with Gasteiger partial charge in [-0.25, -0.2) is 9.37 Å². The van der Waals surface area contributed by atoms with Crippen molar-refractivity contribution in [1.82, 2.24) is 9.88 Å². The van der Waals surface area contributed by atoms with E-state index < -0.39 is 0 Å². The molecule has 1 aliphatic heterocycles. The van der Waals surface area contributed by atoms with Crippen LogP contribution in [-0.4, -0.2) is 35.9 Å². The first-order chi connectivity index (χ1) is 12.1. The molecule has 2 aromatic rings. The fraction of sp³-hybridized carbons (Fsp3) is 0.368. The van der Waals surface area contributed by atoms with Gasteiger partial charge in [-0.15, -0.1) is 0 Å². The molecule has 0 saturated carbocycles. The number of likely N-dealkylation sites (tertiary alicyclic amines) is 1. The number of pyridine rings is 1. The molecule has 6 heteroatoms. The number of benzene rings is 1. The average Bonchev–Trinajstić information content (AvgIpc) is 2.64. The largest absolute Gasteiger partial charge is 0.355 e. The Hall–Kier alpha value is -2.14. The smallest absolute Gasteiger partial charge is 0.257 e. The molecule has 0 bridgehead atoms. The summed E-state index contributed by atoms with van der Waals surface area (Å²) in [6.07, 6.45) is 4.93. The zero-order valence-electron chi connectivity index (χ0n) is 14.2. The number of carbonyl (C=O) groups is 1. The van der Waals surface area contributed by atoms with Crippen LogP contribution in [0.25, 0.3) is 0 Å². The molecule has 132 valence electrons. The number of hydrogen-bond donors (Lipinski definition) is 0. The molecule has 0 atom stereocenters. The quantitative estimate of drug-likeness (QED) is 0.821. The van der Waals surface area contributed by atoms with E-state index in [9.17, 15) is 9.18 Å². The Morgan fingerprint density at radius 1 is 1.28 bits per heavy atom. The number of anilines is 1. The van der Waals surface area contributed by atoms with Crippen molar-refractivity contribution in [3.63, 3.8) is 0 Å². The Kier molecular flexibility index (Phi) is 5.53. The van der Waals surface area contributed by atoms with Crippen LogP contribution in [0, 0.1) is 5.82 Å². The van der Waals surface area contributed by atoms with E-state index >= 15 is 0 Å². The molecular formula is C19H21ClFN3O. The second-order valence-electron chi connectivity index (χ2n) is 6.32. The fourth-order valence-corrected chi connectivity index (χ4v) is 3.34. The molecule has 1 amide bonds. The van der Waals surface area contributed by atoms with Crippen LogP contribution in [0.2, 0.25) is 5.02 Å². The topological polar surface area (TPSA) is 36.4 Å². The fourth-order valence-electron chi connectivity index (χ4n) is 3.12. The van der Waals surface area contributed by atoms with Gasteiger partial charge in [0, 0.05) is 37.9 Å². The minimum absolute atomic E-state index is 0.0138. The number of piperidine rings is 1. The number of amides is 1. The molecule has 1 fully saturated rings. The lowest BCUT2D eigenvalue weighted by molar-refractivity contribution is 0.0724. The zero-order valence-corrected chi connectivity index (χ0v) is 15.0. The highest BCUT2D eigenvalue weighted by Crippen LogP contribution is 2.24. The van der Waals surface area contributed by atoms with Gasteiger partial charge >= 0.3 is 0 Å². The van der Waals surface area contributed by atoms with E-state index in [0.717, 1.165) is 31.5 Å². The minimum Gasteiger partial charge on any atom is -0.355 e. The highest BCUT2D eigenvalue weighted by Gasteiger charge is 2.23. The summed E-state index contributed by atoms with van der Waals surface area (Å²) in [6.45, 7) is 2.03. The molecule has 0 spiro atoms. The Labute approximate surface area is 152 Å². The third kappa shape index (κ3) is 4.10. The molecule has 0 aliphatic carbocycles. The first-order valence-electron chi connectivity index (χ1n) is 8.45. The lowest BCUT2D eigenvalue weighted by Crippen LogP contribution is -2.36. The number of halogens is 2. The number of rotatable bonds is 4. The first-order valence-corrected chi connectivity index (χ1v) is 8.83. The summed E-state index contributed by atoms with van der Waals surface area (Å²) in [5, 5.41) is 0.367. The van der Waals surface area contributed by atoms with Crippen LogP contribution >= 0.6 is 11.6 Å². The summed E-state index contributed by atoms with van der Waals surface area (Å²) < 4.78 is 13.2. The Balaban J connectivity index is 1.83. The molecule has 1 aromatic carbocycles. The van der Waals surface area contributed by atoms with E-state index in [1.54, 1.807) is 18.3 Å². The van der Waals surface area contributed by atoms with Gasteiger partial charge in [-0.2, -0.15) is 0 Å². The predicted molar refractivity (Wildman–Crippen MR) is 97.5 cm³/mol. The molecule has 0 N–H and O–H groups in total. The third-order valence-electron chi connectivity index (χ3n) is 4.44. The summed E-state index contributed by atoms with van der Waals surface area (Å²) in [7, 11) is 1.86. The number of carbonyl (C=O) groups excluding carboxylic acids is 1. The van der Waals surface area contributed by atoms with E-state index in [4.69, 9.17) is 11.6 Å². The average molecular weight is 362 g/mol. The van der Waals surface area contributed by atoms with Gasteiger partial charge in [0.1, 0.15) is 11.6 Å². The Morgan fingerprint density at radius 3 is 2.76 bits per heavy atom. The monoisotopic (exact) mass is 361 g/mol. The summed E-state index contributed by atoms with van der Waals surface area (Å²) >= 11 is 6.12. The van der Waals surface area contributed by atoms with Crippen molar-refractivity contribution in [1.29, 1.82) is 0 Å². The molecule has 0 radical (unpaired) electrons. The Bertz CT molecular complexity index is 762. The van der Waals surface area contributed by atoms with Gasteiger partial charge in [0.15, 0.2) is 0 Å². The van der Waals surface area contributed by atoms with Crippen LogP contribution in [0.5, 0.6) is 0 Å². The molecule has 2 heterocycles. The summed E-state index contributed by atoms with van der Waals surface area (Å²) in [4.78, 5) is 21.0. The normalized spacial score (nSPS) is 14.4. The molecule has 1 aliphatic rings. The van der Waals surface area contributed by atoms with Gasteiger partial charge in [0.25, 0.3) is 5.91 Å². The molecule has 1 aromatic heterocycles. The lowest BCUT2D eigenvalue weighted by Gasteiger charge is -2.28. The van der Waals surface area contributed by atoms with E-state index in [-0.39, 0.29) is 11.7 Å². The highest BCUT2D eigenvalue weighted by atomic mass is 35.5. The third-order valence-corrected chi connectivity index (χ3v) is 4.80. The second-order valence-corrected chi connectivity index (χ2v) is 6.73. The van der Waals surface area contributed by atoms with Gasteiger partial charge in [-0.1, -0.05) is 17.7 Å². The zero-order chi connectivity index (χ0) is 17.8. The number of aromatic nitrogens is 1. The SMILES string of the molecule is CN(Cc1ccc(F)cc1Cl)c1ncccc1C(=O)N1CCCCC1. The second kappa shape index (κ2) is 7.83. The van der Waals surface area contributed by atoms with Crippen LogP contribution in [-0.2, 0) is 6.54 Å². The number of hydrogen-bond acceptors (Lipinski definition) is 3. The summed E-state index contributed by atoms with van der Waals surface area (Å²) in [6, 6.07) is 7.92. The first kappa shape index (κ1) is 17.7. The van der Waals surface area contributed by atoms with Gasteiger partial charge < -0.3 is 9.80 Å². The van der Waals surface area contributed by atoms with E-state index in [1.165, 1.54) is 18.6 Å². The van der Waals surface area contributed by atoms with Crippen LogP contribution < -0.4 is 4.90 Å². The maximum absolute atomic E-state index is 13.2. The van der Waals surface area contributed by atoms with Crippen LogP contribution in [0.15, 0.2) is 36.5 Å². The molecule has 25 heavy (non-hydrogen) atoms. The van der Waals surface area contributed by atoms with E-state index in [2.05, 4.69) is 4.98 Å². The minimum atomic E-state index is -0.366. The van der Waals surface area contributed by atoms with Gasteiger partial charge in [-0.05, 0) is 49.1 Å². The maximum atomic E-state index is 13.2. The van der Waals surface area contributed by atoms with Crippen LogP contribution in [0.4, 0.5) is 10.2 Å². The van der Waals surface area contributed by atoms with Crippen molar-refractivity contribution in [3.05, 3.63) is 58.5 Å². The van der Waals surface area contributed by atoms with Crippen molar-refractivity contribution < 1.29 is 9.18 Å². The van der Waals surface area contributed by atoms with Crippen molar-refractivity contribution in [2.24, 2.45) is 0 Å². The van der Waals surface area contributed by atoms with Gasteiger partial charge in [0.2, 0.25) is 0 Å². The summed E-state index contributed by atoms with van der Waals surface area (Å²) in [5.41, 5.74) is 1.37. The van der Waals surface area contributed by atoms with Crippen LogP contribution in [0.1, 0.15) is 35.2 Å². The molecule has 4 nitrogen and oxygen atoms in total. The summed E-state index contributed by atoms with van der Waals surface area (Å²) in [5.74, 6) is 0.258. The van der Waals surface area contributed by atoms with Crippen molar-refractivity contribution in [2.45, 2.75) is 25.8 Å². The molecule has 1 saturated heterocycles. The van der Waals surface area contributed by atoms with Crippen molar-refractivity contribution in [3.8, 4) is 0 Å². The molecule has 3 rings (SSSR count). The highest BCUT2D eigenvalue weighted by molar-refractivity contribution is 6.31. The number of nitrogens with zero attached hydrogens (tertiary/aromatic N) is 3. The van der Waals surface area contributed by atoms with E-state index in [0.29, 0.717) is 22.9 Å². The van der Waals surface area contributed by atoms with Crippen molar-refractivity contribution in [2.75, 3.05) is 25.0 Å². The molecular weight excluding hydrogens is 341 g/mol. The molecule has 0 unspecified atom stereocenters. The van der Waals surface area contributed by atoms with Crippen molar-refractivity contribution >= 4 is 23.3 Å². The standard InChI is InChI=1S/C19H21ClFN3O/c1-23(13-14-7-8-15(21)12-17(14)20)18-16(6-5-9-22-18)19(25)24-10-3-2-4-11-24/h5-9,12H,2-4,10-11,13H2,1H3. The van der Waals surface area contributed by atoms with Crippen LogP contribution in [0.3, 0.4) is 0 Å².